The van der Waals surface area contributed by atoms with Crippen LogP contribution in [0.2, 0.25) is 10.0 Å². The molecule has 2 atom stereocenters. The Morgan fingerprint density at radius 3 is 2.48 bits per heavy atom. The number of nitrogens with one attached hydrogen (secondary N) is 1. The largest absolute Gasteiger partial charge is 0.481 e. The fourth-order valence-corrected chi connectivity index (χ4v) is 2.37. The van der Waals surface area contributed by atoms with Gasteiger partial charge in [-0.25, -0.2) is 4.79 Å². The number of amides is 2. The van der Waals surface area contributed by atoms with Crippen molar-refractivity contribution in [2.24, 2.45) is 5.92 Å². The maximum Gasteiger partial charge on any atom is 0.317 e. The quantitative estimate of drug-likeness (QED) is 0.867. The van der Waals surface area contributed by atoms with Crippen LogP contribution >= 0.6 is 23.2 Å². The molecule has 0 bridgehead atoms. The maximum atomic E-state index is 12.0. The van der Waals surface area contributed by atoms with Crippen LogP contribution in [0.3, 0.4) is 0 Å². The smallest absolute Gasteiger partial charge is 0.317 e. The number of benzene rings is 1. The molecule has 2 amide bonds. The lowest BCUT2D eigenvalue weighted by atomic mass is 10.1. The minimum atomic E-state index is -0.941. The van der Waals surface area contributed by atoms with Crippen LogP contribution in [0, 0.1) is 5.92 Å². The van der Waals surface area contributed by atoms with Crippen molar-refractivity contribution in [3.05, 3.63) is 33.8 Å². The monoisotopic (exact) mass is 332 g/mol. The third-order valence-electron chi connectivity index (χ3n) is 3.08. The minimum Gasteiger partial charge on any atom is -0.481 e. The first-order chi connectivity index (χ1) is 9.72. The number of hydrogen-bond donors (Lipinski definition) is 2. The highest BCUT2D eigenvalue weighted by atomic mass is 35.5. The van der Waals surface area contributed by atoms with E-state index in [1.54, 1.807) is 39.1 Å². The van der Waals surface area contributed by atoms with Crippen molar-refractivity contribution < 1.29 is 14.7 Å². The van der Waals surface area contributed by atoms with Gasteiger partial charge in [-0.15, -0.1) is 0 Å². The maximum absolute atomic E-state index is 12.0. The van der Waals surface area contributed by atoms with Gasteiger partial charge in [0.2, 0.25) is 0 Å². The van der Waals surface area contributed by atoms with Crippen LogP contribution in [0.25, 0.3) is 0 Å². The Labute approximate surface area is 133 Å². The van der Waals surface area contributed by atoms with Gasteiger partial charge < -0.3 is 15.3 Å². The molecule has 0 fully saturated rings. The van der Waals surface area contributed by atoms with Crippen molar-refractivity contribution in [3.8, 4) is 0 Å². The van der Waals surface area contributed by atoms with Gasteiger partial charge in [0.25, 0.3) is 0 Å². The molecule has 0 aromatic heterocycles. The molecule has 7 heteroatoms. The fraction of sp³-hybridized carbons (Fsp3) is 0.429. The predicted molar refractivity (Wildman–Crippen MR) is 82.8 cm³/mol. The molecule has 0 aliphatic heterocycles. The third-order valence-corrected chi connectivity index (χ3v) is 3.65. The molecule has 0 radical (unpaired) electrons. The van der Waals surface area contributed by atoms with Gasteiger partial charge in [-0.1, -0.05) is 36.2 Å². The average molecular weight is 333 g/mol. The number of carbonyl (C=O) groups excluding carboxylic acids is 1. The fourth-order valence-electron chi connectivity index (χ4n) is 1.80. The Bertz CT molecular complexity index is 537. The summed E-state index contributed by atoms with van der Waals surface area (Å²) >= 11 is 11.9. The summed E-state index contributed by atoms with van der Waals surface area (Å²) in [6, 6.07) is 4.38. The minimum absolute atomic E-state index is 0.127. The molecular formula is C14H18Cl2N2O3. The van der Waals surface area contributed by atoms with E-state index in [1.807, 2.05) is 0 Å². The Kier molecular flexibility index (Phi) is 6.30. The van der Waals surface area contributed by atoms with Crippen LogP contribution < -0.4 is 5.32 Å². The summed E-state index contributed by atoms with van der Waals surface area (Å²) in [5, 5.41) is 12.6. The Morgan fingerprint density at radius 1 is 1.33 bits per heavy atom. The number of nitrogens with zero attached hydrogens (tertiary/aromatic N) is 1. The van der Waals surface area contributed by atoms with Crippen molar-refractivity contribution in [1.82, 2.24) is 10.2 Å². The number of carboxylic acids is 1. The van der Waals surface area contributed by atoms with Crippen LogP contribution in [0.15, 0.2) is 18.2 Å². The van der Waals surface area contributed by atoms with E-state index >= 15 is 0 Å². The number of rotatable bonds is 5. The molecule has 0 saturated carbocycles. The summed E-state index contributed by atoms with van der Waals surface area (Å²) in [7, 11) is 1.55. The predicted octanol–water partition coefficient (Wildman–Crippen LogP) is 3.42. The number of halogens is 2. The summed E-state index contributed by atoms with van der Waals surface area (Å²) < 4.78 is 0. The van der Waals surface area contributed by atoms with E-state index in [-0.39, 0.29) is 18.6 Å². The van der Waals surface area contributed by atoms with Crippen molar-refractivity contribution in [2.75, 3.05) is 13.6 Å². The topological polar surface area (TPSA) is 69.6 Å². The second-order valence-corrected chi connectivity index (χ2v) is 5.80. The first-order valence-corrected chi connectivity index (χ1v) is 7.17. The first kappa shape index (κ1) is 17.6. The lowest BCUT2D eigenvalue weighted by molar-refractivity contribution is -0.141. The zero-order valence-electron chi connectivity index (χ0n) is 12.1. The van der Waals surface area contributed by atoms with Gasteiger partial charge in [0.1, 0.15) is 0 Å². The molecule has 0 aliphatic carbocycles. The van der Waals surface area contributed by atoms with Gasteiger partial charge >= 0.3 is 12.0 Å². The molecule has 1 unspecified atom stereocenters. The summed E-state index contributed by atoms with van der Waals surface area (Å²) in [5.74, 6) is -1.57. The highest BCUT2D eigenvalue weighted by Crippen LogP contribution is 2.26. The number of carboxylic acid groups (broad SMARTS) is 1. The summed E-state index contributed by atoms with van der Waals surface area (Å²) in [6.07, 6.45) is 0. The van der Waals surface area contributed by atoms with E-state index in [4.69, 9.17) is 28.3 Å². The van der Waals surface area contributed by atoms with Crippen molar-refractivity contribution in [2.45, 2.75) is 19.9 Å². The molecule has 1 rings (SSSR count). The van der Waals surface area contributed by atoms with Gasteiger partial charge in [-0.05, 0) is 24.6 Å². The van der Waals surface area contributed by atoms with Crippen molar-refractivity contribution in [1.29, 1.82) is 0 Å². The van der Waals surface area contributed by atoms with E-state index in [2.05, 4.69) is 5.32 Å². The van der Waals surface area contributed by atoms with E-state index in [0.29, 0.717) is 10.0 Å². The summed E-state index contributed by atoms with van der Waals surface area (Å²) in [6.45, 7) is 3.47. The van der Waals surface area contributed by atoms with E-state index in [1.165, 1.54) is 4.90 Å². The highest BCUT2D eigenvalue weighted by Gasteiger charge is 2.19. The normalized spacial score (nSPS) is 13.4. The molecule has 2 N–H and O–H groups in total. The zero-order valence-corrected chi connectivity index (χ0v) is 13.6. The van der Waals surface area contributed by atoms with E-state index in [0.717, 1.165) is 5.56 Å². The van der Waals surface area contributed by atoms with E-state index in [9.17, 15) is 9.59 Å². The molecule has 116 valence electrons. The lowest BCUT2D eigenvalue weighted by Gasteiger charge is -2.23. The Morgan fingerprint density at radius 2 is 1.95 bits per heavy atom. The van der Waals surface area contributed by atoms with E-state index < -0.39 is 11.9 Å². The number of carbonyl (C=O) groups is 2. The van der Waals surface area contributed by atoms with Crippen LogP contribution in [0.1, 0.15) is 25.5 Å². The zero-order chi connectivity index (χ0) is 16.2. The molecule has 1 aromatic rings. The SMILES string of the molecule is CC(CN(C)C(=O)N[C@H](C)c1ccc(Cl)cc1Cl)C(=O)O. The highest BCUT2D eigenvalue weighted by molar-refractivity contribution is 6.35. The summed E-state index contributed by atoms with van der Waals surface area (Å²) in [5.41, 5.74) is 0.745. The molecule has 5 nitrogen and oxygen atoms in total. The molecular weight excluding hydrogens is 315 g/mol. The second kappa shape index (κ2) is 7.52. The van der Waals surface area contributed by atoms with Crippen LogP contribution in [0.5, 0.6) is 0 Å². The molecule has 0 aliphatic rings. The van der Waals surface area contributed by atoms with Crippen molar-refractivity contribution in [3.63, 3.8) is 0 Å². The number of aliphatic carboxylic acids is 1. The molecule has 1 aromatic carbocycles. The van der Waals surface area contributed by atoms with Gasteiger partial charge in [0, 0.05) is 23.6 Å². The standard InChI is InChI=1S/C14H18Cl2N2O3/c1-8(13(19)20)7-18(3)14(21)17-9(2)11-5-4-10(15)6-12(11)16/h4-6,8-9H,7H2,1-3H3,(H,17,21)(H,19,20)/t8?,9-/m1/s1. The lowest BCUT2D eigenvalue weighted by Crippen LogP contribution is -2.41. The van der Waals surface area contributed by atoms with Gasteiger partial charge in [-0.3, -0.25) is 4.79 Å². The van der Waals surface area contributed by atoms with Crippen LogP contribution in [-0.4, -0.2) is 35.6 Å². The first-order valence-electron chi connectivity index (χ1n) is 6.41. The van der Waals surface area contributed by atoms with Gasteiger partial charge in [-0.2, -0.15) is 0 Å². The molecule has 21 heavy (non-hydrogen) atoms. The average Bonchev–Trinajstić information content (AvgIpc) is 2.37. The Hall–Kier alpha value is -1.46. The van der Waals surface area contributed by atoms with Crippen LogP contribution in [-0.2, 0) is 4.79 Å². The molecule has 0 heterocycles. The number of hydrogen-bond acceptors (Lipinski definition) is 2. The van der Waals surface area contributed by atoms with Crippen molar-refractivity contribution >= 4 is 35.2 Å². The molecule has 0 saturated heterocycles. The van der Waals surface area contributed by atoms with Gasteiger partial charge in [0.15, 0.2) is 0 Å². The third kappa shape index (κ3) is 5.10. The van der Waals surface area contributed by atoms with Crippen LogP contribution in [0.4, 0.5) is 4.79 Å². The summed E-state index contributed by atoms with van der Waals surface area (Å²) in [4.78, 5) is 24.1. The second-order valence-electron chi connectivity index (χ2n) is 4.96. The Balaban J connectivity index is 2.67. The number of urea groups is 1. The molecule has 0 spiro atoms. The van der Waals surface area contributed by atoms with Gasteiger partial charge in [0.05, 0.1) is 12.0 Å².